The van der Waals surface area contributed by atoms with Crippen LogP contribution in [0.25, 0.3) is 10.9 Å². The number of aromatic nitrogens is 2. The van der Waals surface area contributed by atoms with Crippen LogP contribution in [-0.4, -0.2) is 26.1 Å². The smallest absolute Gasteiger partial charge is 0.271 e. The van der Waals surface area contributed by atoms with Gasteiger partial charge in [-0.2, -0.15) is 5.10 Å². The Labute approximate surface area is 164 Å². The van der Waals surface area contributed by atoms with Crippen molar-refractivity contribution in [3.05, 3.63) is 79.9 Å². The summed E-state index contributed by atoms with van der Waals surface area (Å²) in [5, 5.41) is 15.3. The molecule has 2 heterocycles. The predicted molar refractivity (Wildman–Crippen MR) is 107 cm³/mol. The number of amides is 1. The molecule has 0 unspecified atom stereocenters. The molecule has 1 aliphatic heterocycles. The van der Waals surface area contributed by atoms with Gasteiger partial charge in [0.1, 0.15) is 5.82 Å². The van der Waals surface area contributed by atoms with Gasteiger partial charge in [0.2, 0.25) is 0 Å². The molecule has 0 saturated heterocycles. The Bertz CT molecular complexity index is 1230. The average molecular weight is 391 g/mol. The lowest BCUT2D eigenvalue weighted by Gasteiger charge is -2.07. The lowest BCUT2D eigenvalue weighted by molar-refractivity contribution is -0.384. The normalized spacial score (nSPS) is 13.3. The summed E-state index contributed by atoms with van der Waals surface area (Å²) in [6.07, 6.45) is 1.64. The van der Waals surface area contributed by atoms with E-state index in [2.05, 4.69) is 15.5 Å². The van der Waals surface area contributed by atoms with Crippen LogP contribution in [0.1, 0.15) is 35.1 Å². The first kappa shape index (κ1) is 18.5. The number of nitro benzene ring substituents is 1. The summed E-state index contributed by atoms with van der Waals surface area (Å²) < 4.78 is 1.68. The molecule has 0 saturated carbocycles. The Morgan fingerprint density at radius 3 is 2.66 bits per heavy atom. The SMILES string of the molecule is C/C(=N/NC(=O)c1ccc2c(=O)n3c(nc2c1)CCC3)c1ccc([N+](=O)[O-])cc1. The maximum Gasteiger partial charge on any atom is 0.271 e. The minimum absolute atomic E-state index is 0.0170. The van der Waals surface area contributed by atoms with Crippen molar-refractivity contribution in [3.63, 3.8) is 0 Å². The zero-order valence-corrected chi connectivity index (χ0v) is 15.6. The minimum atomic E-state index is -0.479. The third-order valence-corrected chi connectivity index (χ3v) is 4.90. The van der Waals surface area contributed by atoms with Crippen molar-refractivity contribution in [3.8, 4) is 0 Å². The number of nitro groups is 1. The number of nitrogens with zero attached hydrogens (tertiary/aromatic N) is 4. The highest BCUT2D eigenvalue weighted by Crippen LogP contribution is 2.16. The zero-order chi connectivity index (χ0) is 20.5. The quantitative estimate of drug-likeness (QED) is 0.416. The van der Waals surface area contributed by atoms with Crippen molar-refractivity contribution in [2.75, 3.05) is 0 Å². The number of hydrazone groups is 1. The molecule has 9 heteroatoms. The Hall–Kier alpha value is -3.88. The van der Waals surface area contributed by atoms with Crippen molar-refractivity contribution in [1.29, 1.82) is 0 Å². The van der Waals surface area contributed by atoms with Gasteiger partial charge in [-0.15, -0.1) is 0 Å². The first-order valence-corrected chi connectivity index (χ1v) is 9.07. The van der Waals surface area contributed by atoms with Crippen LogP contribution in [0.4, 0.5) is 5.69 Å². The van der Waals surface area contributed by atoms with E-state index >= 15 is 0 Å². The molecule has 0 bridgehead atoms. The van der Waals surface area contributed by atoms with Gasteiger partial charge in [0.25, 0.3) is 17.2 Å². The van der Waals surface area contributed by atoms with Gasteiger partial charge in [-0.1, -0.05) is 0 Å². The van der Waals surface area contributed by atoms with Crippen LogP contribution in [0, 0.1) is 10.1 Å². The molecular weight excluding hydrogens is 374 g/mol. The van der Waals surface area contributed by atoms with E-state index in [1.807, 2.05) is 0 Å². The van der Waals surface area contributed by atoms with Gasteiger partial charge in [-0.25, -0.2) is 10.4 Å². The summed E-state index contributed by atoms with van der Waals surface area (Å²) in [5.74, 6) is 0.308. The monoisotopic (exact) mass is 391 g/mol. The van der Waals surface area contributed by atoms with E-state index in [9.17, 15) is 19.7 Å². The maximum absolute atomic E-state index is 12.5. The number of carbonyl (C=O) groups is 1. The lowest BCUT2D eigenvalue weighted by atomic mass is 10.1. The third kappa shape index (κ3) is 3.49. The summed E-state index contributed by atoms with van der Waals surface area (Å²) >= 11 is 0. The number of carbonyl (C=O) groups excluding carboxylic acids is 1. The van der Waals surface area contributed by atoms with Gasteiger partial charge >= 0.3 is 0 Å². The van der Waals surface area contributed by atoms with Crippen molar-refractivity contribution in [2.45, 2.75) is 26.3 Å². The zero-order valence-electron chi connectivity index (χ0n) is 15.6. The molecule has 1 aliphatic rings. The summed E-state index contributed by atoms with van der Waals surface area (Å²) in [7, 11) is 0. The highest BCUT2D eigenvalue weighted by atomic mass is 16.6. The van der Waals surface area contributed by atoms with E-state index in [-0.39, 0.29) is 11.2 Å². The molecule has 1 aromatic heterocycles. The second kappa shape index (κ2) is 7.27. The van der Waals surface area contributed by atoms with Crippen LogP contribution in [0.2, 0.25) is 0 Å². The highest BCUT2D eigenvalue weighted by molar-refractivity contribution is 6.01. The Balaban J connectivity index is 1.55. The summed E-state index contributed by atoms with van der Waals surface area (Å²) in [4.78, 5) is 39.7. The van der Waals surface area contributed by atoms with Crippen LogP contribution in [0.3, 0.4) is 0 Å². The number of rotatable bonds is 4. The number of fused-ring (bicyclic) bond motifs is 2. The Kier molecular flexibility index (Phi) is 4.63. The molecule has 146 valence electrons. The molecule has 2 aromatic carbocycles. The fraction of sp³-hybridized carbons (Fsp3) is 0.200. The minimum Gasteiger partial charge on any atom is -0.296 e. The van der Waals surface area contributed by atoms with Crippen LogP contribution in [0.15, 0.2) is 52.4 Å². The molecule has 0 spiro atoms. The number of hydrogen-bond acceptors (Lipinski definition) is 6. The number of nitrogens with one attached hydrogen (secondary N) is 1. The highest BCUT2D eigenvalue weighted by Gasteiger charge is 2.17. The molecule has 1 N–H and O–H groups in total. The van der Waals surface area contributed by atoms with Gasteiger partial charge in [0.15, 0.2) is 0 Å². The third-order valence-electron chi connectivity index (χ3n) is 4.90. The largest absolute Gasteiger partial charge is 0.296 e. The second-order valence-electron chi connectivity index (χ2n) is 6.76. The first-order chi connectivity index (χ1) is 13.9. The Morgan fingerprint density at radius 2 is 1.93 bits per heavy atom. The average Bonchev–Trinajstić information content (AvgIpc) is 3.20. The van der Waals surface area contributed by atoms with Crippen molar-refractivity contribution < 1.29 is 9.72 Å². The van der Waals surface area contributed by atoms with E-state index in [1.165, 1.54) is 12.1 Å². The topological polar surface area (TPSA) is 119 Å². The number of hydrogen-bond donors (Lipinski definition) is 1. The van der Waals surface area contributed by atoms with E-state index in [4.69, 9.17) is 0 Å². The second-order valence-corrected chi connectivity index (χ2v) is 6.76. The van der Waals surface area contributed by atoms with Gasteiger partial charge in [0, 0.05) is 30.7 Å². The fourth-order valence-corrected chi connectivity index (χ4v) is 3.31. The first-order valence-electron chi connectivity index (χ1n) is 9.07. The predicted octanol–water partition coefficient (Wildman–Crippen LogP) is 2.40. The molecular formula is C20H17N5O4. The summed E-state index contributed by atoms with van der Waals surface area (Å²) in [6.45, 7) is 2.36. The number of benzene rings is 2. The molecule has 29 heavy (non-hydrogen) atoms. The van der Waals surface area contributed by atoms with Crippen LogP contribution >= 0.6 is 0 Å². The molecule has 0 radical (unpaired) electrons. The van der Waals surface area contributed by atoms with Crippen LogP contribution in [-0.2, 0) is 13.0 Å². The molecule has 1 amide bonds. The molecule has 0 fully saturated rings. The van der Waals surface area contributed by atoms with Crippen molar-refractivity contribution in [1.82, 2.24) is 15.0 Å². The molecule has 9 nitrogen and oxygen atoms in total. The van der Waals surface area contributed by atoms with E-state index in [0.29, 0.717) is 34.3 Å². The van der Waals surface area contributed by atoms with Crippen molar-refractivity contribution >= 4 is 28.2 Å². The van der Waals surface area contributed by atoms with Crippen LogP contribution < -0.4 is 11.0 Å². The van der Waals surface area contributed by atoms with Gasteiger partial charge < -0.3 is 0 Å². The molecule has 3 aromatic rings. The van der Waals surface area contributed by atoms with Crippen molar-refractivity contribution in [2.24, 2.45) is 5.10 Å². The van der Waals surface area contributed by atoms with Gasteiger partial charge in [0.05, 0.1) is 21.5 Å². The molecule has 0 aliphatic carbocycles. The van der Waals surface area contributed by atoms with Gasteiger partial charge in [-0.3, -0.25) is 24.3 Å². The van der Waals surface area contributed by atoms with E-state index in [0.717, 1.165) is 18.7 Å². The van der Waals surface area contributed by atoms with E-state index in [1.54, 1.807) is 41.8 Å². The number of non-ortho nitro benzene ring substituents is 1. The maximum atomic E-state index is 12.5. The standard InChI is InChI=1S/C20H17N5O4/c1-12(13-4-7-15(8-5-13)25(28)29)22-23-19(26)14-6-9-16-17(11-14)21-18-3-2-10-24(18)20(16)27/h4-9,11H,2-3,10H2,1H3,(H,23,26)/b22-12-. The molecule has 0 atom stereocenters. The summed E-state index contributed by atoms with van der Waals surface area (Å²) in [6, 6.07) is 10.7. The van der Waals surface area contributed by atoms with E-state index < -0.39 is 10.8 Å². The lowest BCUT2D eigenvalue weighted by Crippen LogP contribution is -2.22. The summed E-state index contributed by atoms with van der Waals surface area (Å²) in [5.41, 5.74) is 4.36. The number of aryl methyl sites for hydroxylation is 1. The molecule has 4 rings (SSSR count). The Morgan fingerprint density at radius 1 is 1.21 bits per heavy atom. The van der Waals surface area contributed by atoms with Gasteiger partial charge in [-0.05, 0) is 49.2 Å². The van der Waals surface area contributed by atoms with Crippen LogP contribution in [0.5, 0.6) is 0 Å². The fourth-order valence-electron chi connectivity index (χ4n) is 3.31.